The van der Waals surface area contributed by atoms with Crippen molar-refractivity contribution >= 4 is 29.2 Å². The van der Waals surface area contributed by atoms with Gasteiger partial charge in [-0.05, 0) is 71.3 Å². The highest BCUT2D eigenvalue weighted by Crippen LogP contribution is 2.50. The first-order valence-electron chi connectivity index (χ1n) is 13.1. The van der Waals surface area contributed by atoms with Gasteiger partial charge in [0.15, 0.2) is 0 Å². The van der Waals surface area contributed by atoms with Crippen LogP contribution in [-0.2, 0) is 4.79 Å². The number of carboxylic acid groups (broad SMARTS) is 1. The van der Waals surface area contributed by atoms with Gasteiger partial charge < -0.3 is 20.5 Å². The van der Waals surface area contributed by atoms with Crippen molar-refractivity contribution < 1.29 is 37.0 Å². The molecule has 0 fully saturated rings. The monoisotopic (exact) mass is 592 g/mol. The summed E-state index contributed by atoms with van der Waals surface area (Å²) in [5.41, 5.74) is 3.04. The predicted octanol–water partition coefficient (Wildman–Crippen LogP) is 7.46. The average molecular weight is 593 g/mol. The zero-order chi connectivity index (χ0) is 29.7. The van der Waals surface area contributed by atoms with Crippen LogP contribution in [0.5, 0.6) is 5.75 Å². The van der Waals surface area contributed by atoms with E-state index in [4.69, 9.17) is 16.7 Å². The number of anilines is 1. The second-order valence-electron chi connectivity index (χ2n) is 9.90. The van der Waals surface area contributed by atoms with Gasteiger partial charge in [0, 0.05) is 29.6 Å². The molecule has 3 aromatic rings. The van der Waals surface area contributed by atoms with Gasteiger partial charge in [0.2, 0.25) is 0 Å². The van der Waals surface area contributed by atoms with Crippen LogP contribution in [0.4, 0.5) is 23.2 Å². The van der Waals surface area contributed by atoms with E-state index in [1.807, 2.05) is 19.1 Å². The van der Waals surface area contributed by atoms with Gasteiger partial charge in [0.1, 0.15) is 11.6 Å². The topological polar surface area (TPSA) is 87.7 Å². The zero-order valence-corrected chi connectivity index (χ0v) is 22.9. The van der Waals surface area contributed by atoms with Gasteiger partial charge in [0.05, 0.1) is 12.1 Å². The molecule has 6 nitrogen and oxygen atoms in total. The van der Waals surface area contributed by atoms with Crippen molar-refractivity contribution in [1.82, 2.24) is 5.32 Å². The predicted molar refractivity (Wildman–Crippen MR) is 147 cm³/mol. The largest absolute Gasteiger partial charge is 0.573 e. The minimum atomic E-state index is -4.82. The number of halogens is 5. The van der Waals surface area contributed by atoms with E-state index in [2.05, 4.69) is 15.4 Å². The Morgan fingerprint density at radius 2 is 1.76 bits per heavy atom. The summed E-state index contributed by atoms with van der Waals surface area (Å²) in [6, 6.07) is 15.6. The molecule has 0 spiro atoms. The maximum absolute atomic E-state index is 14.8. The molecule has 1 heterocycles. The number of aliphatic carboxylic acids is 1. The molecule has 1 amide bonds. The van der Waals surface area contributed by atoms with E-state index >= 15 is 0 Å². The van der Waals surface area contributed by atoms with Crippen LogP contribution in [0.3, 0.4) is 0 Å². The van der Waals surface area contributed by atoms with Crippen LogP contribution in [0, 0.1) is 5.82 Å². The summed E-state index contributed by atoms with van der Waals surface area (Å²) in [6.45, 7) is 2.41. The van der Waals surface area contributed by atoms with Gasteiger partial charge >= 0.3 is 12.3 Å². The lowest BCUT2D eigenvalue weighted by molar-refractivity contribution is -0.274. The molecule has 3 N–H and O–H groups in total. The van der Waals surface area contributed by atoms with E-state index in [0.29, 0.717) is 29.8 Å². The van der Waals surface area contributed by atoms with E-state index in [1.54, 1.807) is 30.3 Å². The molecule has 11 heteroatoms. The number of alkyl halides is 3. The van der Waals surface area contributed by atoms with Crippen molar-refractivity contribution in [2.45, 2.75) is 50.3 Å². The van der Waals surface area contributed by atoms with Gasteiger partial charge in [-0.15, -0.1) is 13.2 Å². The summed E-state index contributed by atoms with van der Waals surface area (Å²) < 4.78 is 57.2. The summed E-state index contributed by atoms with van der Waals surface area (Å²) in [4.78, 5) is 23.2. The lowest BCUT2D eigenvalue weighted by Gasteiger charge is -2.33. The minimum Gasteiger partial charge on any atom is -0.481 e. The number of benzene rings is 3. The summed E-state index contributed by atoms with van der Waals surface area (Å²) in [7, 11) is 0. The molecule has 0 aliphatic carbocycles. The van der Waals surface area contributed by atoms with Crippen molar-refractivity contribution in [2.24, 2.45) is 0 Å². The number of carbonyl (C=O) groups excluding carboxylic acids is 1. The fourth-order valence-electron chi connectivity index (χ4n) is 5.48. The van der Waals surface area contributed by atoms with Crippen LogP contribution in [-0.4, -0.2) is 36.4 Å². The van der Waals surface area contributed by atoms with Crippen molar-refractivity contribution in [1.29, 1.82) is 0 Å². The molecule has 218 valence electrons. The third-order valence-electron chi connectivity index (χ3n) is 7.17. The lowest BCUT2D eigenvalue weighted by atomic mass is 9.70. The van der Waals surface area contributed by atoms with Gasteiger partial charge in [-0.3, -0.25) is 9.59 Å². The maximum atomic E-state index is 14.8. The van der Waals surface area contributed by atoms with Crippen molar-refractivity contribution in [3.05, 3.63) is 93.8 Å². The average Bonchev–Trinajstić information content (AvgIpc) is 3.32. The van der Waals surface area contributed by atoms with E-state index in [9.17, 15) is 27.2 Å². The Morgan fingerprint density at radius 3 is 2.37 bits per heavy atom. The first-order valence-corrected chi connectivity index (χ1v) is 13.5. The smallest absolute Gasteiger partial charge is 0.481 e. The summed E-state index contributed by atoms with van der Waals surface area (Å²) in [5.74, 6) is -2.95. The molecule has 4 rings (SSSR count). The van der Waals surface area contributed by atoms with E-state index in [-0.39, 0.29) is 41.5 Å². The number of carboxylic acids is 1. The number of ether oxygens (including phenoxy) is 1. The Labute approximate surface area is 239 Å². The highest BCUT2D eigenvalue weighted by atomic mass is 35.5. The number of nitrogens with one attached hydrogen (secondary N) is 2. The number of hydrogen-bond acceptors (Lipinski definition) is 4. The van der Waals surface area contributed by atoms with Crippen molar-refractivity contribution in [3.8, 4) is 5.75 Å². The fourth-order valence-corrected chi connectivity index (χ4v) is 5.70. The number of hydrogen-bond donors (Lipinski definition) is 3. The summed E-state index contributed by atoms with van der Waals surface area (Å²) in [5, 5.41) is 14.7. The van der Waals surface area contributed by atoms with Gasteiger partial charge in [-0.2, -0.15) is 0 Å². The SMILES string of the molecule is CCC[C@H](c1ccc(C(=O)NCCC(=O)O)cc1)[C@H](c1ccc(OC(F)(F)F)cc1)C1CNc2c(F)cc(Cl)cc21. The second kappa shape index (κ2) is 12.8. The minimum absolute atomic E-state index is 0.00227. The third-order valence-corrected chi connectivity index (χ3v) is 7.39. The Bertz CT molecular complexity index is 1380. The Balaban J connectivity index is 1.72. The summed E-state index contributed by atoms with van der Waals surface area (Å²) in [6.07, 6.45) is -3.54. The highest BCUT2D eigenvalue weighted by Gasteiger charge is 2.38. The molecular weight excluding hydrogens is 564 g/mol. The number of rotatable bonds is 11. The molecule has 0 saturated heterocycles. The highest BCUT2D eigenvalue weighted by molar-refractivity contribution is 6.30. The Kier molecular flexibility index (Phi) is 9.42. The Morgan fingerprint density at radius 1 is 1.10 bits per heavy atom. The van der Waals surface area contributed by atoms with Crippen molar-refractivity contribution in [2.75, 3.05) is 18.4 Å². The molecule has 1 aliphatic rings. The standard InChI is InChI=1S/C30H29ClF4N2O4/c1-2-3-22(17-4-6-19(7-5-17)29(40)36-13-12-26(38)39)27(18-8-10-21(11-9-18)41-30(33,34)35)24-16-37-28-23(24)14-20(31)15-25(28)32/h4-11,14-15,22,24,27,37H,2-3,12-13,16H2,1H3,(H,36,40)(H,38,39)/t22-,24?,27+/m1/s1. The fraction of sp³-hybridized carbons (Fsp3) is 0.333. The van der Waals surface area contributed by atoms with Crippen LogP contribution in [0.2, 0.25) is 5.02 Å². The van der Waals surface area contributed by atoms with Crippen LogP contribution >= 0.6 is 11.6 Å². The van der Waals surface area contributed by atoms with E-state index in [1.165, 1.54) is 18.2 Å². The quantitative estimate of drug-likeness (QED) is 0.201. The maximum Gasteiger partial charge on any atom is 0.573 e. The number of fused-ring (bicyclic) bond motifs is 1. The molecule has 0 radical (unpaired) electrons. The van der Waals surface area contributed by atoms with Gasteiger partial charge in [0.25, 0.3) is 5.91 Å². The number of amides is 1. The molecule has 41 heavy (non-hydrogen) atoms. The molecule has 0 saturated carbocycles. The van der Waals surface area contributed by atoms with Gasteiger partial charge in [-0.25, -0.2) is 4.39 Å². The zero-order valence-electron chi connectivity index (χ0n) is 22.1. The van der Waals surface area contributed by atoms with Crippen LogP contribution < -0.4 is 15.4 Å². The molecule has 0 bridgehead atoms. The third kappa shape index (κ3) is 7.49. The first-order chi connectivity index (χ1) is 19.5. The lowest BCUT2D eigenvalue weighted by Crippen LogP contribution is -2.26. The molecule has 1 unspecified atom stereocenters. The van der Waals surface area contributed by atoms with Crippen LogP contribution in [0.25, 0.3) is 0 Å². The molecule has 3 aromatic carbocycles. The molecule has 0 aromatic heterocycles. The van der Waals surface area contributed by atoms with Crippen LogP contribution in [0.1, 0.15) is 71.0 Å². The Hall–Kier alpha value is -3.79. The number of carbonyl (C=O) groups is 2. The first kappa shape index (κ1) is 30.2. The van der Waals surface area contributed by atoms with Crippen LogP contribution in [0.15, 0.2) is 60.7 Å². The van der Waals surface area contributed by atoms with E-state index in [0.717, 1.165) is 17.5 Å². The molecule has 3 atom stereocenters. The second-order valence-corrected chi connectivity index (χ2v) is 10.3. The molecular formula is C30H29ClF4N2O4. The van der Waals surface area contributed by atoms with Gasteiger partial charge in [-0.1, -0.05) is 49.2 Å². The molecule has 1 aliphatic heterocycles. The summed E-state index contributed by atoms with van der Waals surface area (Å²) >= 11 is 6.22. The van der Waals surface area contributed by atoms with E-state index < -0.39 is 24.1 Å². The normalized spacial score (nSPS) is 15.9. The van der Waals surface area contributed by atoms with Crippen molar-refractivity contribution in [3.63, 3.8) is 0 Å².